The summed E-state index contributed by atoms with van der Waals surface area (Å²) in [7, 11) is 0. The second kappa shape index (κ2) is 12.6. The van der Waals surface area contributed by atoms with Crippen LogP contribution >= 0.6 is 0 Å². The SMILES string of the molecule is CC(O)C(NC(=O)c1ccc(C#CC#Cc2ccc(C(=O)NCCN)cc2)cc1)C(=O)NO. The molecule has 170 valence electrons. The smallest absolute Gasteiger partial charge is 0.268 e. The van der Waals surface area contributed by atoms with Crippen LogP contribution in [-0.2, 0) is 4.79 Å². The molecule has 0 spiro atoms. The van der Waals surface area contributed by atoms with Crippen LogP contribution in [0.1, 0.15) is 38.8 Å². The van der Waals surface area contributed by atoms with Gasteiger partial charge < -0.3 is 21.5 Å². The normalized spacial score (nSPS) is 11.5. The van der Waals surface area contributed by atoms with Crippen LogP contribution < -0.4 is 21.8 Å². The molecule has 0 radical (unpaired) electrons. The number of aliphatic hydroxyl groups is 1. The Morgan fingerprint density at radius 2 is 1.39 bits per heavy atom. The van der Waals surface area contributed by atoms with Crippen LogP contribution in [0.3, 0.4) is 0 Å². The van der Waals surface area contributed by atoms with Gasteiger partial charge in [-0.2, -0.15) is 0 Å². The van der Waals surface area contributed by atoms with E-state index in [1.54, 1.807) is 36.4 Å². The summed E-state index contributed by atoms with van der Waals surface area (Å²) >= 11 is 0. The number of benzene rings is 2. The fraction of sp³-hybridized carbons (Fsp3) is 0.208. The highest BCUT2D eigenvalue weighted by Crippen LogP contribution is 2.05. The number of amides is 3. The molecule has 2 atom stereocenters. The molecule has 2 unspecified atom stereocenters. The molecule has 0 saturated carbocycles. The van der Waals surface area contributed by atoms with Crippen LogP contribution in [0.15, 0.2) is 48.5 Å². The maximum absolute atomic E-state index is 12.3. The monoisotopic (exact) mass is 448 g/mol. The molecule has 0 aromatic heterocycles. The van der Waals surface area contributed by atoms with E-state index in [0.29, 0.717) is 29.8 Å². The molecule has 2 rings (SSSR count). The second-order valence-electron chi connectivity index (χ2n) is 6.87. The van der Waals surface area contributed by atoms with E-state index in [1.165, 1.54) is 24.5 Å². The number of hydrogen-bond acceptors (Lipinski definition) is 6. The van der Waals surface area contributed by atoms with Crippen molar-refractivity contribution in [2.45, 2.75) is 19.1 Å². The number of nitrogens with one attached hydrogen (secondary N) is 3. The quantitative estimate of drug-likeness (QED) is 0.195. The van der Waals surface area contributed by atoms with E-state index in [2.05, 4.69) is 34.3 Å². The average Bonchev–Trinajstić information content (AvgIpc) is 2.83. The van der Waals surface area contributed by atoms with Crippen LogP contribution in [0.25, 0.3) is 0 Å². The Kier molecular flexibility index (Phi) is 9.62. The van der Waals surface area contributed by atoms with Gasteiger partial charge in [-0.3, -0.25) is 19.6 Å². The number of carbonyl (C=O) groups is 3. The molecule has 3 amide bonds. The summed E-state index contributed by atoms with van der Waals surface area (Å²) in [4.78, 5) is 35.6. The van der Waals surface area contributed by atoms with E-state index in [0.717, 1.165) is 0 Å². The van der Waals surface area contributed by atoms with Crippen LogP contribution in [0, 0.1) is 23.7 Å². The van der Waals surface area contributed by atoms with Gasteiger partial charge in [0, 0.05) is 35.3 Å². The minimum atomic E-state index is -1.30. The fourth-order valence-corrected chi connectivity index (χ4v) is 2.60. The van der Waals surface area contributed by atoms with Crippen molar-refractivity contribution in [1.82, 2.24) is 16.1 Å². The Labute approximate surface area is 191 Å². The lowest BCUT2D eigenvalue weighted by Crippen LogP contribution is -2.51. The van der Waals surface area contributed by atoms with Crippen molar-refractivity contribution in [1.29, 1.82) is 0 Å². The standard InChI is InChI=1S/C24H24N4O5/c1-16(29)21(24(32)28-33)27-23(31)20-12-8-18(9-13-20)5-3-2-4-17-6-10-19(11-7-17)22(30)26-15-14-25/h6-13,16,21,29,33H,14-15,25H2,1H3,(H,26,30)(H,27,31)(H,28,32). The van der Waals surface area contributed by atoms with Crippen molar-refractivity contribution in [3.8, 4) is 23.7 Å². The minimum Gasteiger partial charge on any atom is -0.391 e. The maximum Gasteiger partial charge on any atom is 0.268 e. The lowest BCUT2D eigenvalue weighted by Gasteiger charge is -2.19. The highest BCUT2D eigenvalue weighted by molar-refractivity contribution is 5.97. The molecule has 0 aliphatic carbocycles. The van der Waals surface area contributed by atoms with Gasteiger partial charge in [0.1, 0.15) is 6.04 Å². The highest BCUT2D eigenvalue weighted by atomic mass is 16.5. The largest absolute Gasteiger partial charge is 0.391 e. The van der Waals surface area contributed by atoms with Gasteiger partial charge in [0.05, 0.1) is 6.10 Å². The highest BCUT2D eigenvalue weighted by Gasteiger charge is 2.25. The van der Waals surface area contributed by atoms with Gasteiger partial charge in [0.2, 0.25) is 0 Å². The summed E-state index contributed by atoms with van der Waals surface area (Å²) in [5.41, 5.74) is 8.84. The predicted molar refractivity (Wildman–Crippen MR) is 121 cm³/mol. The summed E-state index contributed by atoms with van der Waals surface area (Å²) in [6, 6.07) is 11.7. The summed E-state index contributed by atoms with van der Waals surface area (Å²) < 4.78 is 0. The molecule has 2 aromatic rings. The van der Waals surface area contributed by atoms with Crippen LogP contribution in [0.2, 0.25) is 0 Å². The van der Waals surface area contributed by atoms with E-state index < -0.39 is 24.0 Å². The number of aliphatic hydroxyl groups excluding tert-OH is 1. The zero-order valence-corrected chi connectivity index (χ0v) is 17.9. The molecule has 0 saturated heterocycles. The first-order valence-electron chi connectivity index (χ1n) is 9.99. The lowest BCUT2D eigenvalue weighted by atomic mass is 10.1. The summed E-state index contributed by atoms with van der Waals surface area (Å²) in [5.74, 6) is 9.45. The average molecular weight is 448 g/mol. The molecule has 7 N–H and O–H groups in total. The van der Waals surface area contributed by atoms with Gasteiger partial charge in [-0.1, -0.05) is 11.8 Å². The lowest BCUT2D eigenvalue weighted by molar-refractivity contribution is -0.133. The molecule has 0 aliphatic heterocycles. The number of nitrogens with two attached hydrogens (primary N) is 1. The van der Waals surface area contributed by atoms with Gasteiger partial charge in [-0.15, -0.1) is 0 Å². The molecular weight excluding hydrogens is 424 g/mol. The zero-order chi connectivity index (χ0) is 24.2. The Morgan fingerprint density at radius 3 is 1.82 bits per heavy atom. The zero-order valence-electron chi connectivity index (χ0n) is 17.9. The number of hydrogen-bond donors (Lipinski definition) is 6. The Morgan fingerprint density at radius 1 is 0.909 bits per heavy atom. The third-order valence-electron chi connectivity index (χ3n) is 4.36. The van der Waals surface area contributed by atoms with Crippen molar-refractivity contribution in [2.24, 2.45) is 5.73 Å². The molecule has 0 aliphatic rings. The molecule has 0 bridgehead atoms. The molecule has 33 heavy (non-hydrogen) atoms. The molecule has 0 fully saturated rings. The van der Waals surface area contributed by atoms with Crippen LogP contribution in [-0.4, -0.2) is 53.3 Å². The van der Waals surface area contributed by atoms with Gasteiger partial charge >= 0.3 is 0 Å². The Bertz CT molecular complexity index is 1100. The van der Waals surface area contributed by atoms with E-state index in [4.69, 9.17) is 10.9 Å². The van der Waals surface area contributed by atoms with Gasteiger partial charge in [-0.25, -0.2) is 5.48 Å². The second-order valence-corrected chi connectivity index (χ2v) is 6.87. The van der Waals surface area contributed by atoms with Crippen molar-refractivity contribution >= 4 is 17.7 Å². The maximum atomic E-state index is 12.3. The van der Waals surface area contributed by atoms with Gasteiger partial charge in [0.25, 0.3) is 17.7 Å². The van der Waals surface area contributed by atoms with Crippen molar-refractivity contribution in [3.05, 3.63) is 70.8 Å². The molecule has 9 nitrogen and oxygen atoms in total. The third-order valence-corrected chi connectivity index (χ3v) is 4.36. The fourth-order valence-electron chi connectivity index (χ4n) is 2.60. The summed E-state index contributed by atoms with van der Waals surface area (Å²) in [5, 5.41) is 23.3. The van der Waals surface area contributed by atoms with Crippen LogP contribution in [0.5, 0.6) is 0 Å². The molecular formula is C24H24N4O5. The predicted octanol–water partition coefficient (Wildman–Crippen LogP) is -0.237. The molecule has 9 heteroatoms. The Balaban J connectivity index is 1.98. The first-order chi connectivity index (χ1) is 15.8. The van der Waals surface area contributed by atoms with Gasteiger partial charge in [-0.05, 0) is 67.3 Å². The first kappa shape index (κ1) is 25.1. The third kappa shape index (κ3) is 7.80. The number of hydroxylamine groups is 1. The summed E-state index contributed by atoms with van der Waals surface area (Å²) in [6.45, 7) is 2.09. The number of rotatable bonds is 7. The topological polar surface area (TPSA) is 154 Å². The Hall–Kier alpha value is -4.15. The van der Waals surface area contributed by atoms with E-state index in [1.807, 2.05) is 0 Å². The summed E-state index contributed by atoms with van der Waals surface area (Å²) in [6.07, 6.45) is -1.20. The van der Waals surface area contributed by atoms with E-state index >= 15 is 0 Å². The van der Waals surface area contributed by atoms with Gasteiger partial charge in [0.15, 0.2) is 0 Å². The van der Waals surface area contributed by atoms with Crippen LogP contribution in [0.4, 0.5) is 0 Å². The number of carbonyl (C=O) groups excluding carboxylic acids is 3. The molecule has 0 heterocycles. The molecule has 2 aromatic carbocycles. The van der Waals surface area contributed by atoms with Crippen molar-refractivity contribution in [2.75, 3.05) is 13.1 Å². The first-order valence-corrected chi connectivity index (χ1v) is 9.99. The van der Waals surface area contributed by atoms with E-state index in [-0.39, 0.29) is 11.5 Å². The van der Waals surface area contributed by atoms with E-state index in [9.17, 15) is 19.5 Å². The minimum absolute atomic E-state index is 0.199. The van der Waals surface area contributed by atoms with Crippen molar-refractivity contribution < 1.29 is 24.7 Å². The van der Waals surface area contributed by atoms with Crippen molar-refractivity contribution in [3.63, 3.8) is 0 Å².